The summed E-state index contributed by atoms with van der Waals surface area (Å²) >= 11 is 6.02. The smallest absolute Gasteiger partial charge is 0.241 e. The maximum atomic E-state index is 6.02. The van der Waals surface area contributed by atoms with Crippen molar-refractivity contribution in [2.45, 2.75) is 38.3 Å². The number of ether oxygens (including phenoxy) is 1. The van der Waals surface area contributed by atoms with Crippen LogP contribution < -0.4 is 0 Å². The molecule has 1 saturated heterocycles. The molecule has 1 aromatic heterocycles. The number of hydrogen-bond donors (Lipinski definition) is 0. The van der Waals surface area contributed by atoms with Crippen molar-refractivity contribution in [2.24, 2.45) is 0 Å². The van der Waals surface area contributed by atoms with Crippen LogP contribution in [0.2, 0.25) is 5.02 Å². The third-order valence-electron chi connectivity index (χ3n) is 4.29. The summed E-state index contributed by atoms with van der Waals surface area (Å²) < 4.78 is 10.7. The van der Waals surface area contributed by atoms with Crippen molar-refractivity contribution >= 4 is 11.6 Å². The van der Waals surface area contributed by atoms with E-state index in [1.54, 1.807) is 7.11 Å². The summed E-state index contributed by atoms with van der Waals surface area (Å²) in [5.74, 6) is 1.25. The van der Waals surface area contributed by atoms with Crippen molar-refractivity contribution in [3.8, 4) is 11.4 Å². The Hall–Kier alpha value is -1.43. The number of nitrogens with zero attached hydrogens (tertiary/aromatic N) is 3. The van der Waals surface area contributed by atoms with Crippen molar-refractivity contribution in [3.63, 3.8) is 0 Å². The monoisotopic (exact) mass is 335 g/mol. The first-order chi connectivity index (χ1) is 11.3. The van der Waals surface area contributed by atoms with Gasteiger partial charge in [0.05, 0.1) is 6.54 Å². The molecular weight excluding hydrogens is 314 g/mol. The van der Waals surface area contributed by atoms with E-state index in [-0.39, 0.29) is 0 Å². The second kappa shape index (κ2) is 7.90. The lowest BCUT2D eigenvalue weighted by Crippen LogP contribution is -2.39. The molecule has 1 atom stereocenters. The standard InChI is InChI=1S/C17H22ClN3O2/c1-22-10-8-15-7-2-3-9-21(15)12-16-19-17(20-23-16)13-5-4-6-14(18)11-13/h4-6,11,15H,2-3,7-10,12H2,1H3. The lowest BCUT2D eigenvalue weighted by molar-refractivity contribution is 0.0882. The van der Waals surface area contributed by atoms with Crippen molar-refractivity contribution in [2.75, 3.05) is 20.3 Å². The molecule has 0 saturated carbocycles. The first-order valence-electron chi connectivity index (χ1n) is 8.08. The molecule has 1 aliphatic rings. The topological polar surface area (TPSA) is 51.4 Å². The zero-order chi connectivity index (χ0) is 16.1. The van der Waals surface area contributed by atoms with E-state index in [2.05, 4.69) is 15.0 Å². The molecule has 1 aliphatic heterocycles. The fourth-order valence-electron chi connectivity index (χ4n) is 3.09. The molecule has 0 spiro atoms. The van der Waals surface area contributed by atoms with Crippen molar-refractivity contribution in [1.29, 1.82) is 0 Å². The molecule has 0 amide bonds. The first-order valence-corrected chi connectivity index (χ1v) is 8.45. The molecule has 1 unspecified atom stereocenters. The average Bonchev–Trinajstić information content (AvgIpc) is 3.03. The molecule has 23 heavy (non-hydrogen) atoms. The van der Waals surface area contributed by atoms with Crippen LogP contribution in [0.5, 0.6) is 0 Å². The van der Waals surface area contributed by atoms with Gasteiger partial charge >= 0.3 is 0 Å². The Labute approximate surface area is 141 Å². The van der Waals surface area contributed by atoms with Gasteiger partial charge in [0.15, 0.2) is 0 Å². The zero-order valence-corrected chi connectivity index (χ0v) is 14.1. The van der Waals surface area contributed by atoms with Gasteiger partial charge in [-0.05, 0) is 37.9 Å². The number of halogens is 1. The molecule has 2 heterocycles. The van der Waals surface area contributed by atoms with Gasteiger partial charge in [0.25, 0.3) is 0 Å². The third kappa shape index (κ3) is 4.31. The van der Waals surface area contributed by atoms with E-state index in [1.807, 2.05) is 24.3 Å². The highest BCUT2D eigenvalue weighted by Crippen LogP contribution is 2.23. The van der Waals surface area contributed by atoms with Gasteiger partial charge in [-0.1, -0.05) is 35.3 Å². The van der Waals surface area contributed by atoms with Crippen LogP contribution in [-0.4, -0.2) is 41.3 Å². The molecule has 1 fully saturated rings. The Morgan fingerprint density at radius 1 is 1.39 bits per heavy atom. The van der Waals surface area contributed by atoms with Crippen LogP contribution in [0.1, 0.15) is 31.6 Å². The summed E-state index contributed by atoms with van der Waals surface area (Å²) in [5.41, 5.74) is 0.877. The average molecular weight is 336 g/mol. The number of methoxy groups -OCH3 is 1. The van der Waals surface area contributed by atoms with Gasteiger partial charge in [-0.25, -0.2) is 0 Å². The second-order valence-electron chi connectivity index (χ2n) is 5.92. The molecular formula is C17H22ClN3O2. The molecule has 1 aromatic carbocycles. The Kier molecular flexibility index (Phi) is 5.65. The summed E-state index contributed by atoms with van der Waals surface area (Å²) in [6, 6.07) is 8.03. The summed E-state index contributed by atoms with van der Waals surface area (Å²) in [6.45, 7) is 2.56. The largest absolute Gasteiger partial charge is 0.385 e. The Balaban J connectivity index is 1.67. The molecule has 0 N–H and O–H groups in total. The number of hydrogen-bond acceptors (Lipinski definition) is 5. The summed E-state index contributed by atoms with van der Waals surface area (Å²) in [6.07, 6.45) is 4.76. The van der Waals surface area contributed by atoms with Crippen molar-refractivity contribution < 1.29 is 9.26 Å². The quantitative estimate of drug-likeness (QED) is 0.804. The van der Waals surface area contributed by atoms with Gasteiger partial charge in [0.1, 0.15) is 0 Å². The van der Waals surface area contributed by atoms with E-state index in [0.717, 1.165) is 25.1 Å². The van der Waals surface area contributed by atoms with Gasteiger partial charge in [0.2, 0.25) is 11.7 Å². The highest BCUT2D eigenvalue weighted by atomic mass is 35.5. The lowest BCUT2D eigenvalue weighted by Gasteiger charge is -2.34. The molecule has 2 aromatic rings. The maximum absolute atomic E-state index is 6.02. The summed E-state index contributed by atoms with van der Waals surface area (Å²) in [7, 11) is 1.75. The molecule has 0 bridgehead atoms. The number of rotatable bonds is 6. The van der Waals surface area contributed by atoms with Gasteiger partial charge in [-0.2, -0.15) is 4.98 Å². The Morgan fingerprint density at radius 3 is 3.13 bits per heavy atom. The van der Waals surface area contributed by atoms with Gasteiger partial charge in [0, 0.05) is 30.3 Å². The number of piperidine rings is 1. The van der Waals surface area contributed by atoms with E-state index in [0.29, 0.717) is 29.3 Å². The van der Waals surface area contributed by atoms with Crippen LogP contribution in [0, 0.1) is 0 Å². The van der Waals surface area contributed by atoms with E-state index in [9.17, 15) is 0 Å². The van der Waals surface area contributed by atoms with Gasteiger partial charge in [-0.15, -0.1) is 0 Å². The normalized spacial score (nSPS) is 19.1. The first kappa shape index (κ1) is 16.4. The molecule has 6 heteroatoms. The van der Waals surface area contributed by atoms with Crippen LogP contribution in [0.4, 0.5) is 0 Å². The van der Waals surface area contributed by atoms with Crippen molar-refractivity contribution in [3.05, 3.63) is 35.2 Å². The fraction of sp³-hybridized carbons (Fsp3) is 0.529. The zero-order valence-electron chi connectivity index (χ0n) is 13.4. The number of aromatic nitrogens is 2. The predicted octanol–water partition coefficient (Wildman–Crippen LogP) is 3.78. The highest BCUT2D eigenvalue weighted by molar-refractivity contribution is 6.30. The molecule has 124 valence electrons. The lowest BCUT2D eigenvalue weighted by atomic mass is 10.00. The van der Waals surface area contributed by atoms with E-state index in [1.165, 1.54) is 19.3 Å². The van der Waals surface area contributed by atoms with Crippen LogP contribution in [0.15, 0.2) is 28.8 Å². The highest BCUT2D eigenvalue weighted by Gasteiger charge is 2.24. The minimum absolute atomic E-state index is 0.533. The number of benzene rings is 1. The van der Waals surface area contributed by atoms with Crippen LogP contribution in [0.3, 0.4) is 0 Å². The minimum atomic E-state index is 0.533. The number of likely N-dealkylation sites (tertiary alicyclic amines) is 1. The molecule has 5 nitrogen and oxygen atoms in total. The van der Waals surface area contributed by atoms with E-state index < -0.39 is 0 Å². The van der Waals surface area contributed by atoms with Crippen molar-refractivity contribution in [1.82, 2.24) is 15.0 Å². The third-order valence-corrected chi connectivity index (χ3v) is 4.53. The Bertz CT molecular complexity index is 632. The molecule has 0 radical (unpaired) electrons. The van der Waals surface area contributed by atoms with Gasteiger partial charge in [-0.3, -0.25) is 4.90 Å². The van der Waals surface area contributed by atoms with Crippen LogP contribution >= 0.6 is 11.6 Å². The Morgan fingerprint density at radius 2 is 2.30 bits per heavy atom. The minimum Gasteiger partial charge on any atom is -0.385 e. The molecule has 3 rings (SSSR count). The molecule has 0 aliphatic carbocycles. The second-order valence-corrected chi connectivity index (χ2v) is 6.36. The SMILES string of the molecule is COCCC1CCCCN1Cc1nc(-c2cccc(Cl)c2)no1. The fourth-order valence-corrected chi connectivity index (χ4v) is 3.28. The summed E-state index contributed by atoms with van der Waals surface area (Å²) in [5, 5.41) is 4.75. The van der Waals surface area contributed by atoms with Crippen LogP contribution in [-0.2, 0) is 11.3 Å². The van der Waals surface area contributed by atoms with Crippen LogP contribution in [0.25, 0.3) is 11.4 Å². The maximum Gasteiger partial charge on any atom is 0.241 e. The van der Waals surface area contributed by atoms with E-state index >= 15 is 0 Å². The van der Waals surface area contributed by atoms with E-state index in [4.69, 9.17) is 20.9 Å². The predicted molar refractivity (Wildman–Crippen MR) is 89.3 cm³/mol. The van der Waals surface area contributed by atoms with Gasteiger partial charge < -0.3 is 9.26 Å². The summed E-state index contributed by atoms with van der Waals surface area (Å²) in [4.78, 5) is 6.95.